The second-order valence-corrected chi connectivity index (χ2v) is 10.6. The van der Waals surface area contributed by atoms with Crippen LogP contribution in [0, 0.1) is 0 Å². The number of aromatic nitrogens is 6. The zero-order valence-corrected chi connectivity index (χ0v) is 22.4. The van der Waals surface area contributed by atoms with E-state index in [-0.39, 0.29) is 18.0 Å². The number of rotatable bonds is 6. The Labute approximate surface area is 236 Å². The van der Waals surface area contributed by atoms with Crippen LogP contribution in [-0.2, 0) is 11.2 Å². The molecule has 1 aliphatic heterocycles. The van der Waals surface area contributed by atoms with Crippen LogP contribution in [0.5, 0.6) is 0 Å². The quantitative estimate of drug-likeness (QED) is 0.317. The predicted molar refractivity (Wildman–Crippen MR) is 153 cm³/mol. The van der Waals surface area contributed by atoms with Crippen LogP contribution < -0.4 is 5.32 Å². The minimum Gasteiger partial charge on any atom is -0.339 e. The van der Waals surface area contributed by atoms with Gasteiger partial charge in [-0.1, -0.05) is 54.3 Å². The molecule has 0 radical (unpaired) electrons. The lowest BCUT2D eigenvalue weighted by Crippen LogP contribution is -2.46. The standard InChI is InChI=1S/C31H29FN8O/c1-2-28(41)38-15-12-23(13-16-38)34-30-24-9-8-21(18-22(24)19-25(30)32)29-31(20-6-4-3-5-7-20)40-26(35-29)10-11-27(36-40)39-17-14-33-37-39/h2-11,14,17-18,23,25,30,34H,1,12-13,15-16,19H2/t25?,30-/m1/s1. The van der Waals surface area contributed by atoms with Crippen LogP contribution >= 0.6 is 0 Å². The molecule has 5 aromatic rings. The van der Waals surface area contributed by atoms with Gasteiger partial charge >= 0.3 is 0 Å². The van der Waals surface area contributed by atoms with Crippen molar-refractivity contribution in [2.75, 3.05) is 13.1 Å². The van der Waals surface area contributed by atoms with Crippen LogP contribution in [0.1, 0.15) is 30.0 Å². The van der Waals surface area contributed by atoms with Crippen molar-refractivity contribution in [3.8, 4) is 28.3 Å². The van der Waals surface area contributed by atoms with E-state index in [9.17, 15) is 4.79 Å². The third-order valence-electron chi connectivity index (χ3n) is 8.09. The number of piperidine rings is 1. The second-order valence-electron chi connectivity index (χ2n) is 10.6. The first kappa shape index (κ1) is 25.3. The molecule has 1 N–H and O–H groups in total. The summed E-state index contributed by atoms with van der Waals surface area (Å²) in [5.74, 6) is 0.580. The molecule has 7 rings (SSSR count). The molecule has 4 heterocycles. The number of halogens is 1. The van der Waals surface area contributed by atoms with Crippen LogP contribution in [0.3, 0.4) is 0 Å². The molecule has 0 saturated carbocycles. The highest BCUT2D eigenvalue weighted by molar-refractivity contribution is 5.87. The summed E-state index contributed by atoms with van der Waals surface area (Å²) < 4.78 is 18.9. The van der Waals surface area contributed by atoms with Gasteiger partial charge in [0.2, 0.25) is 5.91 Å². The lowest BCUT2D eigenvalue weighted by molar-refractivity contribution is -0.127. The zero-order valence-electron chi connectivity index (χ0n) is 22.4. The number of imidazole rings is 1. The molecule has 2 aromatic carbocycles. The summed E-state index contributed by atoms with van der Waals surface area (Å²) in [6.07, 6.45) is 5.63. The smallest absolute Gasteiger partial charge is 0.245 e. The van der Waals surface area contributed by atoms with E-state index >= 15 is 4.39 Å². The normalized spacial score (nSPS) is 19.0. The lowest BCUT2D eigenvalue weighted by atomic mass is 9.98. The van der Waals surface area contributed by atoms with Gasteiger partial charge in [0.15, 0.2) is 11.5 Å². The van der Waals surface area contributed by atoms with E-state index in [1.807, 2.05) is 59.1 Å². The molecule has 3 aromatic heterocycles. The number of alkyl halides is 1. The molecule has 9 nitrogen and oxygen atoms in total. The van der Waals surface area contributed by atoms with Crippen molar-refractivity contribution >= 4 is 11.6 Å². The van der Waals surface area contributed by atoms with E-state index in [4.69, 9.17) is 10.1 Å². The van der Waals surface area contributed by atoms with E-state index in [1.54, 1.807) is 22.0 Å². The fourth-order valence-corrected chi connectivity index (χ4v) is 6.03. The van der Waals surface area contributed by atoms with E-state index in [0.717, 1.165) is 46.5 Å². The molecular formula is C31H29FN8O. The summed E-state index contributed by atoms with van der Waals surface area (Å²) in [6.45, 7) is 4.89. The molecule has 2 aliphatic rings. The first-order valence-electron chi connectivity index (χ1n) is 13.9. The lowest BCUT2D eigenvalue weighted by Gasteiger charge is -2.34. The predicted octanol–water partition coefficient (Wildman–Crippen LogP) is 4.35. The van der Waals surface area contributed by atoms with Gasteiger partial charge in [-0.3, -0.25) is 4.79 Å². The van der Waals surface area contributed by atoms with Crippen LogP contribution in [0.15, 0.2) is 85.7 Å². The topological polar surface area (TPSA) is 93.2 Å². The van der Waals surface area contributed by atoms with Gasteiger partial charge in [-0.15, -0.1) is 10.2 Å². The van der Waals surface area contributed by atoms with Crippen molar-refractivity contribution in [2.24, 2.45) is 0 Å². The SMILES string of the molecule is C=CC(=O)N1CCC(N[C@@H]2c3ccc(-c4nc5ccc(-n6ccnn6)nn5c4-c4ccccc4)cc3CC2F)CC1. The van der Waals surface area contributed by atoms with E-state index < -0.39 is 6.17 Å². The fraction of sp³-hybridized carbons (Fsp3) is 0.258. The number of benzene rings is 2. The molecule has 41 heavy (non-hydrogen) atoms. The minimum absolute atomic E-state index is 0.0443. The van der Waals surface area contributed by atoms with Gasteiger partial charge in [-0.25, -0.2) is 18.6 Å². The van der Waals surface area contributed by atoms with Gasteiger partial charge in [-0.05, 0) is 48.2 Å². The highest BCUT2D eigenvalue weighted by Crippen LogP contribution is 2.39. The van der Waals surface area contributed by atoms with Crippen LogP contribution in [0.2, 0.25) is 0 Å². The number of carbonyl (C=O) groups excluding carboxylic acids is 1. The third kappa shape index (κ3) is 4.59. The summed E-state index contributed by atoms with van der Waals surface area (Å²) in [7, 11) is 0. The second kappa shape index (κ2) is 10.4. The highest BCUT2D eigenvalue weighted by atomic mass is 19.1. The molecular weight excluding hydrogens is 519 g/mol. The van der Waals surface area contributed by atoms with Crippen molar-refractivity contribution in [2.45, 2.75) is 37.5 Å². The highest BCUT2D eigenvalue weighted by Gasteiger charge is 2.35. The Kier molecular flexibility index (Phi) is 6.39. The van der Waals surface area contributed by atoms with Gasteiger partial charge in [0.05, 0.1) is 24.1 Å². The summed E-state index contributed by atoms with van der Waals surface area (Å²) in [5, 5.41) is 16.4. The Morgan fingerprint density at radius 1 is 1.05 bits per heavy atom. The monoisotopic (exact) mass is 548 g/mol. The molecule has 0 bridgehead atoms. The van der Waals surface area contributed by atoms with Gasteiger partial charge in [-0.2, -0.15) is 0 Å². The van der Waals surface area contributed by atoms with E-state index in [1.165, 1.54) is 6.08 Å². The maximum absolute atomic E-state index is 15.4. The van der Waals surface area contributed by atoms with Gasteiger partial charge in [0.1, 0.15) is 11.9 Å². The summed E-state index contributed by atoms with van der Waals surface area (Å²) in [5.41, 5.74) is 6.21. The molecule has 1 fully saturated rings. The van der Waals surface area contributed by atoms with Gasteiger partial charge in [0, 0.05) is 36.7 Å². The van der Waals surface area contributed by atoms with E-state index in [2.05, 4.69) is 28.3 Å². The molecule has 2 atom stereocenters. The maximum Gasteiger partial charge on any atom is 0.245 e. The first-order chi connectivity index (χ1) is 20.1. The molecule has 1 unspecified atom stereocenters. The molecule has 1 saturated heterocycles. The average molecular weight is 549 g/mol. The third-order valence-corrected chi connectivity index (χ3v) is 8.09. The van der Waals surface area contributed by atoms with Crippen molar-refractivity contribution in [3.63, 3.8) is 0 Å². The zero-order chi connectivity index (χ0) is 27.9. The van der Waals surface area contributed by atoms with E-state index in [0.29, 0.717) is 31.0 Å². The van der Waals surface area contributed by atoms with Crippen molar-refractivity contribution < 1.29 is 9.18 Å². The maximum atomic E-state index is 15.4. The first-order valence-corrected chi connectivity index (χ1v) is 13.9. The molecule has 0 spiro atoms. The number of amides is 1. The number of carbonyl (C=O) groups is 1. The van der Waals surface area contributed by atoms with Gasteiger partial charge < -0.3 is 10.2 Å². The Balaban J connectivity index is 1.22. The molecule has 1 aliphatic carbocycles. The van der Waals surface area contributed by atoms with Crippen molar-refractivity contribution in [1.82, 2.24) is 39.8 Å². The number of nitrogens with one attached hydrogen (secondary N) is 1. The molecule has 10 heteroatoms. The van der Waals surface area contributed by atoms with Crippen molar-refractivity contribution in [1.29, 1.82) is 0 Å². The minimum atomic E-state index is -1.02. The largest absolute Gasteiger partial charge is 0.339 e. The fourth-order valence-electron chi connectivity index (χ4n) is 6.03. The Morgan fingerprint density at radius 3 is 2.63 bits per heavy atom. The number of fused-ring (bicyclic) bond motifs is 2. The van der Waals surface area contributed by atoms with Gasteiger partial charge in [0.25, 0.3) is 0 Å². The number of hydrogen-bond acceptors (Lipinski definition) is 6. The summed E-state index contributed by atoms with van der Waals surface area (Å²) in [6, 6.07) is 19.7. The average Bonchev–Trinajstić information content (AvgIpc) is 3.75. The van der Waals surface area contributed by atoms with Crippen molar-refractivity contribution in [3.05, 3.63) is 96.8 Å². The number of likely N-dealkylation sites (tertiary alicyclic amines) is 1. The summed E-state index contributed by atoms with van der Waals surface area (Å²) >= 11 is 0. The summed E-state index contributed by atoms with van der Waals surface area (Å²) in [4.78, 5) is 18.7. The Morgan fingerprint density at radius 2 is 1.88 bits per heavy atom. The Bertz CT molecular complexity index is 1720. The number of nitrogens with zero attached hydrogens (tertiary/aromatic N) is 7. The van der Waals surface area contributed by atoms with Crippen LogP contribution in [0.25, 0.3) is 34.0 Å². The molecule has 1 amide bonds. The van der Waals surface area contributed by atoms with Crippen LogP contribution in [-0.4, -0.2) is 65.7 Å². The Hall–Kier alpha value is -4.70. The number of hydrogen-bond donors (Lipinski definition) is 1. The van der Waals surface area contributed by atoms with Crippen LogP contribution in [0.4, 0.5) is 4.39 Å². The molecule has 206 valence electrons.